The van der Waals surface area contributed by atoms with Crippen molar-refractivity contribution in [2.45, 2.75) is 26.6 Å². The Hall–Kier alpha value is -2.60. The fraction of sp³-hybridized carbons (Fsp3) is 0.333. The van der Waals surface area contributed by atoms with Gasteiger partial charge in [0.25, 0.3) is 5.91 Å². The van der Waals surface area contributed by atoms with Crippen LogP contribution in [0, 0.1) is 0 Å². The third-order valence-corrected chi connectivity index (χ3v) is 3.21. The zero-order chi connectivity index (χ0) is 17.4. The Kier molecular flexibility index (Phi) is 6.57. The Bertz CT molecular complexity index is 659. The van der Waals surface area contributed by atoms with Crippen molar-refractivity contribution in [2.24, 2.45) is 0 Å². The van der Waals surface area contributed by atoms with Gasteiger partial charge in [-0.2, -0.15) is 0 Å². The molecule has 6 heteroatoms. The second kappa shape index (κ2) is 8.88. The molecule has 0 radical (unpaired) electrons. The lowest BCUT2D eigenvalue weighted by molar-refractivity contribution is 0.0923. The third-order valence-electron chi connectivity index (χ3n) is 3.21. The van der Waals surface area contributed by atoms with Gasteiger partial charge >= 0.3 is 0 Å². The van der Waals surface area contributed by atoms with Gasteiger partial charge < -0.3 is 19.9 Å². The summed E-state index contributed by atoms with van der Waals surface area (Å²) in [7, 11) is 0. The van der Waals surface area contributed by atoms with Crippen LogP contribution in [-0.4, -0.2) is 35.3 Å². The first kappa shape index (κ1) is 17.7. The number of hydrogen-bond donors (Lipinski definition) is 2. The SMILES string of the molecule is CCOc1cc(C(=O)NC[C@H](C)O)ccc1OCc1ccncc1. The smallest absolute Gasteiger partial charge is 0.251 e. The van der Waals surface area contributed by atoms with Crippen molar-refractivity contribution >= 4 is 5.91 Å². The van der Waals surface area contributed by atoms with Gasteiger partial charge in [0.05, 0.1) is 12.7 Å². The minimum Gasteiger partial charge on any atom is -0.490 e. The van der Waals surface area contributed by atoms with Crippen molar-refractivity contribution in [3.8, 4) is 11.5 Å². The number of ether oxygens (including phenoxy) is 2. The monoisotopic (exact) mass is 330 g/mol. The van der Waals surface area contributed by atoms with Crippen molar-refractivity contribution < 1.29 is 19.4 Å². The van der Waals surface area contributed by atoms with Crippen molar-refractivity contribution in [1.29, 1.82) is 0 Å². The van der Waals surface area contributed by atoms with Gasteiger partial charge in [0.2, 0.25) is 0 Å². The van der Waals surface area contributed by atoms with Crippen LogP contribution in [0.15, 0.2) is 42.7 Å². The van der Waals surface area contributed by atoms with E-state index in [0.29, 0.717) is 30.3 Å². The number of rotatable bonds is 8. The van der Waals surface area contributed by atoms with Gasteiger partial charge in [0.15, 0.2) is 11.5 Å². The summed E-state index contributed by atoms with van der Waals surface area (Å²) in [5, 5.41) is 11.9. The van der Waals surface area contributed by atoms with E-state index in [-0.39, 0.29) is 12.5 Å². The van der Waals surface area contributed by atoms with Crippen LogP contribution in [0.4, 0.5) is 0 Å². The van der Waals surface area contributed by atoms with Crippen LogP contribution in [0.25, 0.3) is 0 Å². The Labute approximate surface area is 141 Å². The number of aliphatic hydroxyl groups is 1. The van der Waals surface area contributed by atoms with Crippen LogP contribution in [0.3, 0.4) is 0 Å². The van der Waals surface area contributed by atoms with E-state index < -0.39 is 6.10 Å². The minimum atomic E-state index is -0.594. The molecule has 2 aromatic rings. The lowest BCUT2D eigenvalue weighted by Gasteiger charge is -2.14. The molecule has 1 heterocycles. The van der Waals surface area contributed by atoms with E-state index in [9.17, 15) is 9.90 Å². The number of nitrogens with one attached hydrogen (secondary N) is 1. The van der Waals surface area contributed by atoms with E-state index in [1.165, 1.54) is 0 Å². The molecular formula is C18H22N2O4. The fourth-order valence-corrected chi connectivity index (χ4v) is 2.02. The molecule has 128 valence electrons. The number of carbonyl (C=O) groups excluding carboxylic acids is 1. The highest BCUT2D eigenvalue weighted by molar-refractivity contribution is 5.94. The number of nitrogens with zero attached hydrogens (tertiary/aromatic N) is 1. The van der Waals surface area contributed by atoms with E-state index in [0.717, 1.165) is 5.56 Å². The molecule has 0 spiro atoms. The van der Waals surface area contributed by atoms with Gasteiger partial charge in [0.1, 0.15) is 6.61 Å². The minimum absolute atomic E-state index is 0.198. The number of amides is 1. The van der Waals surface area contributed by atoms with Gasteiger partial charge in [-0.3, -0.25) is 9.78 Å². The maximum absolute atomic E-state index is 12.1. The normalized spacial score (nSPS) is 11.6. The number of aromatic nitrogens is 1. The van der Waals surface area contributed by atoms with E-state index in [1.54, 1.807) is 37.5 Å². The van der Waals surface area contributed by atoms with Gasteiger partial charge in [-0.05, 0) is 49.7 Å². The van der Waals surface area contributed by atoms with Crippen LogP contribution >= 0.6 is 0 Å². The number of aliphatic hydroxyl groups excluding tert-OH is 1. The summed E-state index contributed by atoms with van der Waals surface area (Å²) in [6, 6.07) is 8.77. The summed E-state index contributed by atoms with van der Waals surface area (Å²) in [5.41, 5.74) is 1.45. The van der Waals surface area contributed by atoms with E-state index in [1.807, 2.05) is 19.1 Å². The fourth-order valence-electron chi connectivity index (χ4n) is 2.02. The highest BCUT2D eigenvalue weighted by Crippen LogP contribution is 2.29. The summed E-state index contributed by atoms with van der Waals surface area (Å²) in [4.78, 5) is 16.0. The number of carbonyl (C=O) groups is 1. The molecule has 0 aliphatic carbocycles. The molecule has 1 aromatic carbocycles. The number of hydrogen-bond acceptors (Lipinski definition) is 5. The zero-order valence-corrected chi connectivity index (χ0v) is 13.9. The average Bonchev–Trinajstić information content (AvgIpc) is 2.59. The van der Waals surface area contributed by atoms with Crippen LogP contribution in [-0.2, 0) is 6.61 Å². The topological polar surface area (TPSA) is 80.7 Å². The lowest BCUT2D eigenvalue weighted by atomic mass is 10.2. The van der Waals surface area contributed by atoms with E-state index >= 15 is 0 Å². The molecule has 24 heavy (non-hydrogen) atoms. The summed E-state index contributed by atoms with van der Waals surface area (Å²) in [5.74, 6) is 0.814. The van der Waals surface area contributed by atoms with Crippen LogP contribution < -0.4 is 14.8 Å². The molecule has 0 saturated heterocycles. The lowest BCUT2D eigenvalue weighted by Crippen LogP contribution is -2.30. The Balaban J connectivity index is 2.09. The molecular weight excluding hydrogens is 308 g/mol. The van der Waals surface area contributed by atoms with Gasteiger partial charge in [-0.25, -0.2) is 0 Å². The van der Waals surface area contributed by atoms with E-state index in [2.05, 4.69) is 10.3 Å². The Morgan fingerprint density at radius 1 is 1.21 bits per heavy atom. The third kappa shape index (κ3) is 5.24. The van der Waals surface area contributed by atoms with Crippen LogP contribution in [0.2, 0.25) is 0 Å². The summed E-state index contributed by atoms with van der Waals surface area (Å²) in [6.07, 6.45) is 2.82. The largest absolute Gasteiger partial charge is 0.490 e. The van der Waals surface area contributed by atoms with Gasteiger partial charge in [-0.15, -0.1) is 0 Å². The molecule has 0 bridgehead atoms. The molecule has 0 saturated carbocycles. The standard InChI is InChI=1S/C18H22N2O4/c1-3-23-17-10-15(18(22)20-11-13(2)21)4-5-16(17)24-12-14-6-8-19-9-7-14/h4-10,13,21H,3,11-12H2,1-2H3,(H,20,22)/t13-/m0/s1. The zero-order valence-electron chi connectivity index (χ0n) is 13.9. The van der Waals surface area contributed by atoms with Crippen molar-refractivity contribution in [1.82, 2.24) is 10.3 Å². The molecule has 1 aromatic heterocycles. The molecule has 6 nitrogen and oxygen atoms in total. The van der Waals surface area contributed by atoms with Crippen molar-refractivity contribution in [3.05, 3.63) is 53.9 Å². The molecule has 2 N–H and O–H groups in total. The number of pyridine rings is 1. The maximum Gasteiger partial charge on any atom is 0.251 e. The Morgan fingerprint density at radius 2 is 1.96 bits per heavy atom. The van der Waals surface area contributed by atoms with Crippen molar-refractivity contribution in [3.63, 3.8) is 0 Å². The molecule has 2 rings (SSSR count). The second-order valence-electron chi connectivity index (χ2n) is 5.30. The quantitative estimate of drug-likeness (QED) is 0.775. The Morgan fingerprint density at radius 3 is 2.62 bits per heavy atom. The first-order valence-corrected chi connectivity index (χ1v) is 7.85. The van der Waals surface area contributed by atoms with Gasteiger partial charge in [0, 0.05) is 24.5 Å². The number of benzene rings is 1. The van der Waals surface area contributed by atoms with Crippen LogP contribution in [0.1, 0.15) is 29.8 Å². The molecule has 1 amide bonds. The summed E-state index contributed by atoms with van der Waals surface area (Å²) >= 11 is 0. The highest BCUT2D eigenvalue weighted by atomic mass is 16.5. The summed E-state index contributed by atoms with van der Waals surface area (Å²) in [6.45, 7) is 4.53. The van der Waals surface area contributed by atoms with Crippen molar-refractivity contribution in [2.75, 3.05) is 13.2 Å². The molecule has 1 atom stereocenters. The highest BCUT2D eigenvalue weighted by Gasteiger charge is 2.12. The maximum atomic E-state index is 12.1. The molecule has 0 unspecified atom stereocenters. The van der Waals surface area contributed by atoms with Crippen LogP contribution in [0.5, 0.6) is 11.5 Å². The van der Waals surface area contributed by atoms with E-state index in [4.69, 9.17) is 9.47 Å². The molecule has 0 aliphatic rings. The first-order chi connectivity index (χ1) is 11.6. The molecule has 0 fully saturated rings. The predicted molar refractivity (Wildman–Crippen MR) is 90.2 cm³/mol. The second-order valence-corrected chi connectivity index (χ2v) is 5.30. The molecule has 0 aliphatic heterocycles. The predicted octanol–water partition coefficient (Wildman–Crippen LogP) is 2.17. The summed E-state index contributed by atoms with van der Waals surface area (Å²) < 4.78 is 11.4. The average molecular weight is 330 g/mol. The first-order valence-electron chi connectivity index (χ1n) is 7.85. The van der Waals surface area contributed by atoms with Gasteiger partial charge in [-0.1, -0.05) is 0 Å².